The van der Waals surface area contributed by atoms with Crippen LogP contribution in [-0.4, -0.2) is 46.4 Å². The van der Waals surface area contributed by atoms with E-state index in [1.54, 1.807) is 6.92 Å². The fourth-order valence-corrected chi connectivity index (χ4v) is 50.8. The predicted octanol–water partition coefficient (Wildman–Crippen LogP) is -0.607. The molecule has 94 valence electrons. The number of unbranched alkanes of at least 4 members (excludes halogenated alkanes) is 3. The topological polar surface area (TPSA) is 35.5 Å². The van der Waals surface area contributed by atoms with E-state index in [0.29, 0.717) is 0 Å². The molecule has 0 aromatic carbocycles. The van der Waals surface area contributed by atoms with Crippen LogP contribution in [0.5, 0.6) is 0 Å². The summed E-state index contributed by atoms with van der Waals surface area (Å²) in [5.41, 5.74) is 0. The summed E-state index contributed by atoms with van der Waals surface area (Å²) in [6.45, 7) is 3.80. The van der Waals surface area contributed by atoms with Gasteiger partial charge in [0.15, 0.2) is 0 Å². The third-order valence-corrected chi connectivity index (χ3v) is 39.5. The molecule has 0 aliphatic carbocycles. The van der Waals surface area contributed by atoms with E-state index in [4.69, 9.17) is 8.85 Å². The first kappa shape index (κ1) is 14.4. The molecule has 1 fully saturated rings. The van der Waals surface area contributed by atoms with Crippen molar-refractivity contribution in [3.8, 4) is 0 Å². The van der Waals surface area contributed by atoms with Gasteiger partial charge in [-0.2, -0.15) is 0 Å². The number of carbonyl (C=O) groups excluding carboxylic acids is 1. The van der Waals surface area contributed by atoms with E-state index >= 15 is 0 Å². The van der Waals surface area contributed by atoms with Crippen molar-refractivity contribution in [3.63, 3.8) is 0 Å². The minimum atomic E-state index is -1.63. The van der Waals surface area contributed by atoms with E-state index in [2.05, 4.69) is 6.92 Å². The van der Waals surface area contributed by atoms with Crippen LogP contribution in [0.15, 0.2) is 0 Å². The molecule has 0 aromatic rings. The first-order valence-electron chi connectivity index (χ1n) is 6.46. The van der Waals surface area contributed by atoms with Crippen molar-refractivity contribution < 1.29 is 13.6 Å². The van der Waals surface area contributed by atoms with Crippen molar-refractivity contribution >= 4 is 40.2 Å². The summed E-state index contributed by atoms with van der Waals surface area (Å²) >= 11 is 0. The highest BCUT2D eigenvalue weighted by molar-refractivity contribution is 7.52. The Morgan fingerprint density at radius 2 is 2.25 bits per heavy atom. The van der Waals surface area contributed by atoms with Gasteiger partial charge in [-0.3, -0.25) is 4.79 Å². The molecule has 1 heterocycles. The van der Waals surface area contributed by atoms with Crippen molar-refractivity contribution in [1.82, 2.24) is 0 Å². The van der Waals surface area contributed by atoms with Crippen LogP contribution in [0.4, 0.5) is 0 Å². The van der Waals surface area contributed by atoms with Gasteiger partial charge in [0.1, 0.15) is 9.28 Å². The van der Waals surface area contributed by atoms with Crippen LogP contribution in [-0.2, 0) is 13.6 Å². The molecule has 1 unspecified atom stereocenters. The van der Waals surface area contributed by atoms with Crippen LogP contribution in [0.25, 0.3) is 0 Å². The molecule has 0 radical (unpaired) electrons. The highest BCUT2D eigenvalue weighted by Crippen LogP contribution is 2.18. The molecule has 0 saturated carbocycles. The molecule has 1 aliphatic heterocycles. The maximum absolute atomic E-state index is 11.2. The summed E-state index contributed by atoms with van der Waals surface area (Å²) in [5, 5.41) is 0. The van der Waals surface area contributed by atoms with Gasteiger partial charge in [0.2, 0.25) is 0 Å². The maximum Gasteiger partial charge on any atom is 0.289 e. The molecule has 0 amide bonds. The third-order valence-electron chi connectivity index (χ3n) is 3.13. The van der Waals surface area contributed by atoms with Crippen molar-refractivity contribution in [2.24, 2.45) is 0 Å². The number of carbonyl (C=O) groups is 1. The first-order valence-corrected chi connectivity index (χ1v) is 19.7. The Balaban J connectivity index is 2.39. The van der Waals surface area contributed by atoms with Gasteiger partial charge in [0.05, 0.1) is 14.8 Å². The summed E-state index contributed by atoms with van der Waals surface area (Å²) in [7, 11) is -1.54. The van der Waals surface area contributed by atoms with Crippen LogP contribution in [0.1, 0.15) is 39.5 Å². The fraction of sp³-hybridized carbons (Fsp3) is 0.889. The Hall–Kier alpha value is 0.298. The second-order valence-electron chi connectivity index (χ2n) is 4.74. The van der Waals surface area contributed by atoms with Gasteiger partial charge in [-0.15, -0.1) is 0 Å². The lowest BCUT2D eigenvalue weighted by atomic mass is 10.2. The standard InChI is InChI=1S/C9H24O3Si4/c1-3-4-5-6-7-16(12-9(2)10)8-11-13-14-15-16/h3-8,13-15H2,1-2H3. The second kappa shape index (κ2) is 7.59. The van der Waals surface area contributed by atoms with Crippen molar-refractivity contribution in [1.29, 1.82) is 0 Å². The molecule has 3 nitrogen and oxygen atoms in total. The SMILES string of the molecule is CCCCCC[Si]1(OC(C)=O)CO[SiH2][SiH2][SiH2]1. The highest BCUT2D eigenvalue weighted by atomic mass is 29.7. The predicted molar refractivity (Wildman–Crippen MR) is 78.1 cm³/mol. The van der Waals surface area contributed by atoms with E-state index in [1.165, 1.54) is 31.7 Å². The molecule has 0 spiro atoms. The largest absolute Gasteiger partial charge is 0.521 e. The molecule has 1 aliphatic rings. The van der Waals surface area contributed by atoms with E-state index < -0.39 is 7.83 Å². The Morgan fingerprint density at radius 1 is 1.44 bits per heavy atom. The zero-order valence-electron chi connectivity index (χ0n) is 10.6. The van der Waals surface area contributed by atoms with Crippen LogP contribution >= 0.6 is 0 Å². The monoisotopic (exact) mass is 292 g/mol. The lowest BCUT2D eigenvalue weighted by molar-refractivity contribution is -0.132. The summed E-state index contributed by atoms with van der Waals surface area (Å²) in [5.74, 6) is -0.0455. The molecule has 0 N–H and O–H groups in total. The van der Waals surface area contributed by atoms with E-state index in [9.17, 15) is 4.79 Å². The van der Waals surface area contributed by atoms with Gasteiger partial charge in [0.25, 0.3) is 13.8 Å². The fourth-order valence-electron chi connectivity index (χ4n) is 2.33. The summed E-state index contributed by atoms with van der Waals surface area (Å²) in [6.07, 6.45) is 6.04. The Labute approximate surface area is 106 Å². The quantitative estimate of drug-likeness (QED) is 0.484. The van der Waals surface area contributed by atoms with Gasteiger partial charge >= 0.3 is 0 Å². The van der Waals surface area contributed by atoms with Crippen LogP contribution in [0.3, 0.4) is 0 Å². The maximum atomic E-state index is 11.2. The average Bonchev–Trinajstić information content (AvgIpc) is 2.25. The van der Waals surface area contributed by atoms with Gasteiger partial charge in [-0.05, 0) is 6.04 Å². The van der Waals surface area contributed by atoms with Gasteiger partial charge in [0, 0.05) is 15.5 Å². The molecular weight excluding hydrogens is 268 g/mol. The van der Waals surface area contributed by atoms with Crippen LogP contribution < -0.4 is 0 Å². The van der Waals surface area contributed by atoms with Crippen molar-refractivity contribution in [2.75, 3.05) is 6.23 Å². The minimum absolute atomic E-state index is 0.0100. The van der Waals surface area contributed by atoms with Gasteiger partial charge < -0.3 is 8.85 Å². The van der Waals surface area contributed by atoms with E-state index in [0.717, 1.165) is 6.23 Å². The zero-order chi connectivity index (χ0) is 11.9. The summed E-state index contributed by atoms with van der Waals surface area (Å²) in [6, 6.07) is 1.21. The number of rotatable bonds is 6. The molecule has 0 aromatic heterocycles. The molecule has 1 rings (SSSR count). The summed E-state index contributed by atoms with van der Waals surface area (Å²) in [4.78, 5) is 11.2. The first-order chi connectivity index (χ1) is 7.68. The van der Waals surface area contributed by atoms with Crippen LogP contribution in [0.2, 0.25) is 6.04 Å². The van der Waals surface area contributed by atoms with Crippen molar-refractivity contribution in [2.45, 2.75) is 45.6 Å². The normalized spacial score (nSPS) is 29.9. The van der Waals surface area contributed by atoms with E-state index in [1.807, 2.05) is 0 Å². The number of hydrogen-bond donors (Lipinski definition) is 0. The summed E-state index contributed by atoms with van der Waals surface area (Å²) < 4.78 is 11.5. The smallest absolute Gasteiger partial charge is 0.289 e. The van der Waals surface area contributed by atoms with Gasteiger partial charge in [-0.1, -0.05) is 32.6 Å². The molecule has 7 heteroatoms. The lowest BCUT2D eigenvalue weighted by Crippen LogP contribution is -2.58. The lowest BCUT2D eigenvalue weighted by Gasteiger charge is -2.33. The third kappa shape index (κ3) is 5.08. The Morgan fingerprint density at radius 3 is 2.81 bits per heavy atom. The molecule has 0 bridgehead atoms. The van der Waals surface area contributed by atoms with Crippen LogP contribution in [0, 0.1) is 0 Å². The molecule has 1 saturated heterocycles. The molecule has 16 heavy (non-hydrogen) atoms. The Kier molecular flexibility index (Phi) is 6.81. The zero-order valence-corrected chi connectivity index (χ0v) is 15.8. The minimum Gasteiger partial charge on any atom is -0.521 e. The van der Waals surface area contributed by atoms with E-state index in [-0.39, 0.29) is 32.4 Å². The molecule has 1 atom stereocenters. The highest BCUT2D eigenvalue weighted by Gasteiger charge is 2.39. The second-order valence-corrected chi connectivity index (χ2v) is 29.7. The number of hydrogen-bond acceptors (Lipinski definition) is 3. The van der Waals surface area contributed by atoms with Crippen molar-refractivity contribution in [3.05, 3.63) is 0 Å². The Bertz CT molecular complexity index is 219. The average molecular weight is 293 g/mol. The molecular formula is C9H24O3Si4. The van der Waals surface area contributed by atoms with Gasteiger partial charge in [-0.25, -0.2) is 0 Å².